The first kappa shape index (κ1) is 17.9. The molecule has 0 fully saturated rings. The number of ketones is 1. The highest BCUT2D eigenvalue weighted by atomic mass is 32.1. The molecule has 1 amide bonds. The fourth-order valence-corrected chi connectivity index (χ4v) is 3.60. The Kier molecular flexibility index (Phi) is 5.56. The van der Waals surface area contributed by atoms with Gasteiger partial charge in [-0.05, 0) is 37.3 Å². The molecule has 7 heteroatoms. The average Bonchev–Trinajstić information content (AvgIpc) is 3.12. The van der Waals surface area contributed by atoms with E-state index < -0.39 is 17.9 Å². The van der Waals surface area contributed by atoms with Gasteiger partial charge in [0.05, 0.1) is 12.5 Å². The number of aromatic amines is 1. The number of carboxylic acids is 1. The highest BCUT2D eigenvalue weighted by molar-refractivity contribution is 7.10. The molecule has 0 spiro atoms. The Hall–Kier alpha value is -2.41. The summed E-state index contributed by atoms with van der Waals surface area (Å²) in [5.41, 5.74) is 2.17. The average molecular weight is 348 g/mol. The first-order valence-corrected chi connectivity index (χ1v) is 8.51. The molecule has 128 valence electrons. The number of rotatable bonds is 7. The third kappa shape index (κ3) is 3.73. The van der Waals surface area contributed by atoms with Gasteiger partial charge in [0.1, 0.15) is 5.69 Å². The zero-order chi connectivity index (χ0) is 17.9. The van der Waals surface area contributed by atoms with Gasteiger partial charge >= 0.3 is 5.97 Å². The van der Waals surface area contributed by atoms with Gasteiger partial charge in [0, 0.05) is 16.1 Å². The van der Waals surface area contributed by atoms with Gasteiger partial charge in [0.2, 0.25) is 0 Å². The number of carbonyl (C=O) groups excluding carboxylic acids is 2. The Morgan fingerprint density at radius 3 is 2.58 bits per heavy atom. The van der Waals surface area contributed by atoms with Gasteiger partial charge in [-0.1, -0.05) is 13.0 Å². The van der Waals surface area contributed by atoms with Gasteiger partial charge in [-0.3, -0.25) is 14.4 Å². The molecule has 0 aromatic carbocycles. The number of thiophene rings is 1. The van der Waals surface area contributed by atoms with Gasteiger partial charge in [-0.15, -0.1) is 11.3 Å². The van der Waals surface area contributed by atoms with Crippen molar-refractivity contribution in [2.75, 3.05) is 0 Å². The number of carbonyl (C=O) groups is 3. The summed E-state index contributed by atoms with van der Waals surface area (Å²) in [7, 11) is 0. The molecule has 2 rings (SSSR count). The summed E-state index contributed by atoms with van der Waals surface area (Å²) >= 11 is 1.39. The van der Waals surface area contributed by atoms with E-state index in [1.54, 1.807) is 13.0 Å². The molecule has 0 unspecified atom stereocenters. The summed E-state index contributed by atoms with van der Waals surface area (Å²) in [6, 6.07) is 3.00. The Bertz CT molecular complexity index is 762. The number of carboxylic acid groups (broad SMARTS) is 1. The molecule has 0 saturated carbocycles. The van der Waals surface area contributed by atoms with Crippen molar-refractivity contribution in [3.63, 3.8) is 0 Å². The van der Waals surface area contributed by atoms with Gasteiger partial charge in [0.15, 0.2) is 5.78 Å². The van der Waals surface area contributed by atoms with E-state index in [-0.39, 0.29) is 12.2 Å². The van der Waals surface area contributed by atoms with E-state index in [9.17, 15) is 14.4 Å². The van der Waals surface area contributed by atoms with E-state index in [2.05, 4.69) is 10.3 Å². The molecule has 1 atom stereocenters. The highest BCUT2D eigenvalue weighted by Crippen LogP contribution is 2.25. The van der Waals surface area contributed by atoms with Crippen LogP contribution in [0.2, 0.25) is 0 Å². The smallest absolute Gasteiger partial charge is 0.305 e. The van der Waals surface area contributed by atoms with Crippen molar-refractivity contribution in [3.05, 3.63) is 44.9 Å². The quantitative estimate of drug-likeness (QED) is 0.670. The van der Waals surface area contributed by atoms with E-state index in [0.717, 1.165) is 4.88 Å². The van der Waals surface area contributed by atoms with Crippen LogP contribution >= 0.6 is 11.3 Å². The molecule has 2 aromatic rings. The Balaban J connectivity index is 2.32. The molecular weight excluding hydrogens is 328 g/mol. The zero-order valence-electron chi connectivity index (χ0n) is 13.8. The van der Waals surface area contributed by atoms with Gasteiger partial charge in [-0.25, -0.2) is 0 Å². The second-order valence-electron chi connectivity index (χ2n) is 5.53. The highest BCUT2D eigenvalue weighted by Gasteiger charge is 2.25. The number of aryl methyl sites for hydroxylation is 1. The van der Waals surface area contributed by atoms with Gasteiger partial charge in [-0.2, -0.15) is 0 Å². The molecule has 24 heavy (non-hydrogen) atoms. The molecule has 0 aliphatic heterocycles. The lowest BCUT2D eigenvalue weighted by Gasteiger charge is -2.15. The minimum atomic E-state index is -0.989. The molecule has 2 aromatic heterocycles. The van der Waals surface area contributed by atoms with Crippen LogP contribution in [0.15, 0.2) is 17.5 Å². The summed E-state index contributed by atoms with van der Waals surface area (Å²) < 4.78 is 0. The lowest BCUT2D eigenvalue weighted by molar-refractivity contribution is -0.137. The minimum Gasteiger partial charge on any atom is -0.481 e. The molecule has 0 bridgehead atoms. The maximum atomic E-state index is 12.7. The van der Waals surface area contributed by atoms with Gasteiger partial charge < -0.3 is 15.4 Å². The number of H-pyrrole nitrogens is 1. The standard InChI is InChI=1S/C17H20N2O4S/c1-4-11-15(10(3)20)9(2)18-16(11)17(23)19-12(8-14(21)22)13-6-5-7-24-13/h5-7,12,18H,4,8H2,1-3H3,(H,19,23)(H,21,22)/t12-/m1/s1. The fraction of sp³-hybridized carbons (Fsp3) is 0.353. The second kappa shape index (κ2) is 7.44. The first-order valence-electron chi connectivity index (χ1n) is 7.63. The van der Waals surface area contributed by atoms with E-state index in [0.29, 0.717) is 28.9 Å². The molecule has 0 saturated heterocycles. The fourth-order valence-electron chi connectivity index (χ4n) is 2.82. The lowest BCUT2D eigenvalue weighted by atomic mass is 10.0. The van der Waals surface area contributed by atoms with Crippen molar-refractivity contribution < 1.29 is 19.5 Å². The number of nitrogens with one attached hydrogen (secondary N) is 2. The first-order chi connectivity index (χ1) is 11.3. The maximum Gasteiger partial charge on any atom is 0.305 e. The van der Waals surface area contributed by atoms with Gasteiger partial charge in [0.25, 0.3) is 5.91 Å². The van der Waals surface area contributed by atoms with E-state index >= 15 is 0 Å². The van der Waals surface area contributed by atoms with Crippen LogP contribution in [0.25, 0.3) is 0 Å². The third-order valence-electron chi connectivity index (χ3n) is 3.79. The molecule has 2 heterocycles. The number of Topliss-reactive ketones (excluding diaryl/α,β-unsaturated/α-hetero) is 1. The monoisotopic (exact) mass is 348 g/mol. The Morgan fingerprint density at radius 2 is 2.08 bits per heavy atom. The predicted octanol–water partition coefficient (Wildman–Crippen LogP) is 3.10. The number of hydrogen-bond donors (Lipinski definition) is 3. The summed E-state index contributed by atoms with van der Waals surface area (Å²) in [4.78, 5) is 39.3. The molecule has 0 aliphatic rings. The molecule has 3 N–H and O–H groups in total. The van der Waals surface area contributed by atoms with Crippen molar-refractivity contribution in [1.82, 2.24) is 10.3 Å². The Morgan fingerprint density at radius 1 is 1.38 bits per heavy atom. The van der Waals surface area contributed by atoms with Crippen LogP contribution in [0, 0.1) is 6.92 Å². The number of amides is 1. The van der Waals surface area contributed by atoms with Crippen molar-refractivity contribution >= 4 is 29.0 Å². The summed E-state index contributed by atoms with van der Waals surface area (Å²) in [5.74, 6) is -1.49. The zero-order valence-corrected chi connectivity index (χ0v) is 14.6. The normalized spacial score (nSPS) is 12.0. The molecule has 0 radical (unpaired) electrons. The van der Waals surface area contributed by atoms with E-state index in [1.807, 2.05) is 18.4 Å². The van der Waals surface area contributed by atoms with Crippen LogP contribution in [-0.4, -0.2) is 27.8 Å². The van der Waals surface area contributed by atoms with Crippen LogP contribution in [0.5, 0.6) is 0 Å². The molecule has 0 aliphatic carbocycles. The molecule has 6 nitrogen and oxygen atoms in total. The van der Waals surface area contributed by atoms with Crippen LogP contribution < -0.4 is 5.32 Å². The van der Waals surface area contributed by atoms with E-state index in [4.69, 9.17) is 5.11 Å². The van der Waals surface area contributed by atoms with Crippen molar-refractivity contribution in [1.29, 1.82) is 0 Å². The summed E-state index contributed by atoms with van der Waals surface area (Å²) in [6.07, 6.45) is 0.331. The lowest BCUT2D eigenvalue weighted by Crippen LogP contribution is -2.30. The molecular formula is C17H20N2O4S. The van der Waals surface area contributed by atoms with Crippen LogP contribution in [0.4, 0.5) is 0 Å². The van der Waals surface area contributed by atoms with Crippen molar-refractivity contribution in [2.45, 2.75) is 39.7 Å². The third-order valence-corrected chi connectivity index (χ3v) is 4.78. The summed E-state index contributed by atoms with van der Waals surface area (Å²) in [6.45, 7) is 5.09. The van der Waals surface area contributed by atoms with Crippen molar-refractivity contribution in [2.24, 2.45) is 0 Å². The topological polar surface area (TPSA) is 99.3 Å². The summed E-state index contributed by atoms with van der Waals surface area (Å²) in [5, 5.41) is 13.7. The van der Waals surface area contributed by atoms with Crippen LogP contribution in [0.3, 0.4) is 0 Å². The number of hydrogen-bond acceptors (Lipinski definition) is 4. The van der Waals surface area contributed by atoms with Crippen LogP contribution in [0.1, 0.15) is 63.3 Å². The van der Waals surface area contributed by atoms with Crippen molar-refractivity contribution in [3.8, 4) is 0 Å². The maximum absolute atomic E-state index is 12.7. The second-order valence-corrected chi connectivity index (χ2v) is 6.51. The number of aliphatic carboxylic acids is 1. The van der Waals surface area contributed by atoms with Crippen LogP contribution in [-0.2, 0) is 11.2 Å². The number of aromatic nitrogens is 1. The van der Waals surface area contributed by atoms with E-state index in [1.165, 1.54) is 18.3 Å². The SMILES string of the molecule is CCc1c(C(=O)N[C@H](CC(=O)O)c2cccs2)[nH]c(C)c1C(C)=O. The minimum absolute atomic E-state index is 0.0972. The predicted molar refractivity (Wildman–Crippen MR) is 91.7 cm³/mol. The Labute approximate surface area is 143 Å². The largest absolute Gasteiger partial charge is 0.481 e.